The molecule has 5 rings (SSSR count). The van der Waals surface area contributed by atoms with Crippen molar-refractivity contribution < 1.29 is 28.9 Å². The lowest BCUT2D eigenvalue weighted by Gasteiger charge is -2.26. The second kappa shape index (κ2) is 7.23. The first kappa shape index (κ1) is 20.3. The summed E-state index contributed by atoms with van der Waals surface area (Å²) in [4.78, 5) is 52.9. The van der Waals surface area contributed by atoms with Gasteiger partial charge >= 0.3 is 0 Å². The van der Waals surface area contributed by atoms with Gasteiger partial charge in [0.25, 0.3) is 5.91 Å². The molecule has 3 heterocycles. The minimum atomic E-state index is -1.28. The van der Waals surface area contributed by atoms with Gasteiger partial charge < -0.3 is 16.4 Å². The lowest BCUT2D eigenvalue weighted by molar-refractivity contribution is -0.734. The SMILES string of the molecule is NC(=O)CC[C@H]1[NH2+][C@]2(C(=O)Nc3ccccc32)[C@@H]2C(=O)N(Cc3ccc(F)cc3)C(=O)[C@@H]21. The largest absolute Gasteiger partial charge is 0.370 e. The number of fused-ring (bicyclic) bond motifs is 4. The van der Waals surface area contributed by atoms with Gasteiger partial charge in [-0.25, -0.2) is 4.39 Å². The number of nitrogens with zero attached hydrogens (tertiary/aromatic N) is 1. The van der Waals surface area contributed by atoms with Crippen LogP contribution >= 0.6 is 0 Å². The predicted molar refractivity (Wildman–Crippen MR) is 110 cm³/mol. The van der Waals surface area contributed by atoms with Gasteiger partial charge in [-0.15, -0.1) is 0 Å². The van der Waals surface area contributed by atoms with Crippen LogP contribution in [0.15, 0.2) is 48.5 Å². The average molecular weight is 437 g/mol. The van der Waals surface area contributed by atoms with E-state index >= 15 is 0 Å². The Hall–Kier alpha value is -3.59. The highest BCUT2D eigenvalue weighted by molar-refractivity contribution is 6.13. The quantitative estimate of drug-likeness (QED) is 0.569. The maximum Gasteiger partial charge on any atom is 0.291 e. The Bertz CT molecular complexity index is 1150. The number of primary amides is 1. The molecule has 0 saturated carbocycles. The molecular formula is C23H22FN4O4+. The molecule has 5 N–H and O–H groups in total. The average Bonchev–Trinajstić information content (AvgIpc) is 3.34. The topological polar surface area (TPSA) is 126 Å². The van der Waals surface area contributed by atoms with E-state index in [0.29, 0.717) is 16.8 Å². The van der Waals surface area contributed by atoms with Gasteiger partial charge in [-0.2, -0.15) is 0 Å². The van der Waals surface area contributed by atoms with Crippen molar-refractivity contribution in [3.05, 3.63) is 65.5 Å². The highest BCUT2D eigenvalue weighted by Crippen LogP contribution is 2.49. The molecule has 0 aliphatic carbocycles. The van der Waals surface area contributed by atoms with Crippen LogP contribution in [-0.4, -0.2) is 34.6 Å². The molecule has 32 heavy (non-hydrogen) atoms. The maximum absolute atomic E-state index is 13.6. The molecule has 4 atom stereocenters. The zero-order valence-corrected chi connectivity index (χ0v) is 17.1. The zero-order chi connectivity index (χ0) is 22.6. The van der Waals surface area contributed by atoms with Crippen LogP contribution in [0.25, 0.3) is 0 Å². The van der Waals surface area contributed by atoms with E-state index in [9.17, 15) is 23.6 Å². The van der Waals surface area contributed by atoms with Crippen molar-refractivity contribution in [3.63, 3.8) is 0 Å². The summed E-state index contributed by atoms with van der Waals surface area (Å²) >= 11 is 0. The van der Waals surface area contributed by atoms with E-state index in [-0.39, 0.29) is 31.2 Å². The molecule has 2 aromatic rings. The molecule has 0 radical (unpaired) electrons. The highest BCUT2D eigenvalue weighted by atomic mass is 19.1. The van der Waals surface area contributed by atoms with Crippen LogP contribution in [0.5, 0.6) is 0 Å². The van der Waals surface area contributed by atoms with Gasteiger partial charge in [-0.3, -0.25) is 24.1 Å². The third-order valence-corrected chi connectivity index (χ3v) is 6.85. The van der Waals surface area contributed by atoms with Crippen molar-refractivity contribution >= 4 is 29.3 Å². The Balaban J connectivity index is 1.56. The molecule has 8 nitrogen and oxygen atoms in total. The molecule has 1 spiro atoms. The maximum atomic E-state index is 13.6. The van der Waals surface area contributed by atoms with Crippen molar-refractivity contribution in [2.75, 3.05) is 5.32 Å². The summed E-state index contributed by atoms with van der Waals surface area (Å²) in [6.45, 7) is -0.00711. The monoisotopic (exact) mass is 437 g/mol. The number of hydrogen-bond donors (Lipinski definition) is 3. The Labute approximate surface area is 182 Å². The standard InChI is InChI=1S/C23H21FN4O4/c24-13-7-5-12(6-8-13)11-28-20(30)18-16(9-10-17(25)29)27-23(19(18)21(28)31)14-3-1-2-4-15(14)26-22(23)32/h1-8,16,18-19,27H,9-11H2,(H2,25,29)(H,26,32)/p+1/t16-,18-,19+,23+/m1/s1. The minimum absolute atomic E-state index is 0.00711. The highest BCUT2D eigenvalue weighted by Gasteiger charge is 2.73. The molecule has 2 aromatic carbocycles. The molecule has 2 fully saturated rings. The second-order valence-electron chi connectivity index (χ2n) is 8.60. The van der Waals surface area contributed by atoms with Crippen molar-refractivity contribution in [1.82, 2.24) is 4.90 Å². The van der Waals surface area contributed by atoms with Gasteiger partial charge in [0, 0.05) is 18.4 Å². The third-order valence-electron chi connectivity index (χ3n) is 6.85. The summed E-state index contributed by atoms with van der Waals surface area (Å²) in [7, 11) is 0. The van der Waals surface area contributed by atoms with Gasteiger partial charge in [-0.05, 0) is 23.8 Å². The van der Waals surface area contributed by atoms with Crippen molar-refractivity contribution in [2.45, 2.75) is 31.0 Å². The fraction of sp³-hybridized carbons (Fsp3) is 0.304. The number of nitrogens with one attached hydrogen (secondary N) is 1. The molecule has 164 valence electrons. The molecule has 3 aliphatic rings. The van der Waals surface area contributed by atoms with Crippen LogP contribution in [0.1, 0.15) is 24.0 Å². The van der Waals surface area contributed by atoms with Gasteiger partial charge in [0.05, 0.1) is 12.2 Å². The van der Waals surface area contributed by atoms with Gasteiger partial charge in [0.1, 0.15) is 23.7 Å². The fourth-order valence-electron chi connectivity index (χ4n) is 5.48. The second-order valence-corrected chi connectivity index (χ2v) is 8.60. The summed E-state index contributed by atoms with van der Waals surface area (Å²) in [6.07, 6.45) is 0.320. The van der Waals surface area contributed by atoms with Crippen molar-refractivity contribution in [3.8, 4) is 0 Å². The third kappa shape index (κ3) is 2.85. The van der Waals surface area contributed by atoms with Crippen LogP contribution in [0.3, 0.4) is 0 Å². The first-order valence-corrected chi connectivity index (χ1v) is 10.5. The number of benzene rings is 2. The number of anilines is 1. The van der Waals surface area contributed by atoms with E-state index in [1.54, 1.807) is 29.6 Å². The normalized spacial score (nSPS) is 28.2. The first-order valence-electron chi connectivity index (χ1n) is 10.5. The number of rotatable bonds is 5. The number of imide groups is 1. The van der Waals surface area contributed by atoms with E-state index in [0.717, 1.165) is 4.90 Å². The first-order chi connectivity index (χ1) is 15.3. The van der Waals surface area contributed by atoms with Crippen molar-refractivity contribution in [2.24, 2.45) is 17.6 Å². The van der Waals surface area contributed by atoms with E-state index in [4.69, 9.17) is 5.73 Å². The summed E-state index contributed by atoms with van der Waals surface area (Å²) in [6, 6.07) is 12.3. The molecule has 0 bridgehead atoms. The van der Waals surface area contributed by atoms with E-state index < -0.39 is 41.0 Å². The number of carbonyl (C=O) groups is 4. The number of carbonyl (C=O) groups excluding carboxylic acids is 4. The van der Waals surface area contributed by atoms with Crippen LogP contribution in [-0.2, 0) is 31.3 Å². The number of likely N-dealkylation sites (tertiary alicyclic amines) is 1. The molecular weight excluding hydrogens is 415 g/mol. The molecule has 3 aliphatic heterocycles. The molecule has 2 saturated heterocycles. The summed E-state index contributed by atoms with van der Waals surface area (Å²) < 4.78 is 13.3. The predicted octanol–water partition coefficient (Wildman–Crippen LogP) is -0.0144. The number of halogens is 1. The Kier molecular flexibility index (Phi) is 4.59. The van der Waals surface area contributed by atoms with Crippen LogP contribution in [0, 0.1) is 17.7 Å². The molecule has 4 amide bonds. The Morgan fingerprint density at radius 1 is 1.09 bits per heavy atom. The van der Waals surface area contributed by atoms with Crippen molar-refractivity contribution in [1.29, 1.82) is 0 Å². The number of amides is 4. The summed E-state index contributed by atoms with van der Waals surface area (Å²) in [5, 5.41) is 4.62. The Morgan fingerprint density at radius 2 is 1.81 bits per heavy atom. The van der Waals surface area contributed by atoms with Crippen LogP contribution in [0.4, 0.5) is 10.1 Å². The van der Waals surface area contributed by atoms with Gasteiger partial charge in [-0.1, -0.05) is 30.3 Å². The molecule has 0 unspecified atom stereocenters. The summed E-state index contributed by atoms with van der Waals surface area (Å²) in [5.41, 5.74) is 5.93. The Morgan fingerprint density at radius 3 is 2.53 bits per heavy atom. The number of hydrogen-bond acceptors (Lipinski definition) is 4. The van der Waals surface area contributed by atoms with E-state index in [1.807, 2.05) is 0 Å². The lowest BCUT2D eigenvalue weighted by Crippen LogP contribution is -2.99. The van der Waals surface area contributed by atoms with Gasteiger partial charge in [0.2, 0.25) is 23.3 Å². The zero-order valence-electron chi connectivity index (χ0n) is 17.1. The summed E-state index contributed by atoms with van der Waals surface area (Å²) in [5.74, 6) is -3.76. The molecule has 0 aromatic heterocycles. The smallest absolute Gasteiger partial charge is 0.291 e. The number of nitrogens with two attached hydrogens (primary N) is 2. The van der Waals surface area contributed by atoms with Crippen LogP contribution in [0.2, 0.25) is 0 Å². The number of quaternary nitrogens is 1. The van der Waals surface area contributed by atoms with Gasteiger partial charge in [0.15, 0.2) is 0 Å². The fourth-order valence-corrected chi connectivity index (χ4v) is 5.48. The number of para-hydroxylation sites is 1. The van der Waals surface area contributed by atoms with E-state index in [1.165, 1.54) is 24.3 Å². The molecule has 9 heteroatoms. The minimum Gasteiger partial charge on any atom is -0.370 e. The van der Waals surface area contributed by atoms with Crippen LogP contribution < -0.4 is 16.4 Å². The van der Waals surface area contributed by atoms with E-state index in [2.05, 4.69) is 5.32 Å². The lowest BCUT2D eigenvalue weighted by atomic mass is 9.76.